The van der Waals surface area contributed by atoms with E-state index in [0.29, 0.717) is 6.10 Å². The van der Waals surface area contributed by atoms with Crippen molar-refractivity contribution in [2.45, 2.75) is 103 Å². The molecule has 4 aliphatic carbocycles. The summed E-state index contributed by atoms with van der Waals surface area (Å²) in [5.74, 6) is 7.50. The molecule has 8 atom stereocenters. The van der Waals surface area contributed by atoms with Crippen LogP contribution in [0.2, 0.25) is 0 Å². The Hall–Kier alpha value is -0.0400. The predicted octanol–water partition coefficient (Wildman–Crippen LogP) is 6.85. The van der Waals surface area contributed by atoms with Crippen molar-refractivity contribution in [3.05, 3.63) is 0 Å². The van der Waals surface area contributed by atoms with E-state index in [1.165, 1.54) is 44.9 Å². The zero-order valence-corrected chi connectivity index (χ0v) is 16.9. The maximum atomic E-state index is 5.67. The van der Waals surface area contributed by atoms with Crippen molar-refractivity contribution < 1.29 is 4.74 Å². The Morgan fingerprint density at radius 2 is 1.08 bits per heavy atom. The molecule has 4 rings (SSSR count). The Morgan fingerprint density at radius 1 is 0.600 bits per heavy atom. The van der Waals surface area contributed by atoms with Crippen molar-refractivity contribution in [1.29, 1.82) is 0 Å². The summed E-state index contributed by atoms with van der Waals surface area (Å²) in [6.07, 6.45) is 21.7. The molecule has 0 amide bonds. The highest BCUT2D eigenvalue weighted by Gasteiger charge is 2.41. The summed E-state index contributed by atoms with van der Waals surface area (Å²) in [4.78, 5) is 0. The number of methoxy groups -OCH3 is 1. The third-order valence-corrected chi connectivity index (χ3v) is 9.06. The molecule has 0 radical (unpaired) electrons. The van der Waals surface area contributed by atoms with Crippen LogP contribution in [-0.2, 0) is 4.74 Å². The smallest absolute Gasteiger partial charge is 0.0574 e. The quantitative estimate of drug-likeness (QED) is 0.541. The Kier molecular flexibility index (Phi) is 6.10. The van der Waals surface area contributed by atoms with Crippen molar-refractivity contribution in [2.75, 3.05) is 7.11 Å². The van der Waals surface area contributed by atoms with Crippen molar-refractivity contribution >= 4 is 0 Å². The van der Waals surface area contributed by atoms with Crippen molar-refractivity contribution in [3.63, 3.8) is 0 Å². The SMILES string of the molecule is CCCC1CCC2CC(C3CCC4CC(OC)CCC4C3)CCC2C1. The second kappa shape index (κ2) is 8.32. The molecule has 8 unspecified atom stereocenters. The molecule has 0 aromatic rings. The summed E-state index contributed by atoms with van der Waals surface area (Å²) in [6, 6.07) is 0. The van der Waals surface area contributed by atoms with Crippen LogP contribution in [0.5, 0.6) is 0 Å². The summed E-state index contributed by atoms with van der Waals surface area (Å²) in [7, 11) is 1.92. The summed E-state index contributed by atoms with van der Waals surface area (Å²) in [5.41, 5.74) is 0. The first-order valence-corrected chi connectivity index (χ1v) is 11.8. The van der Waals surface area contributed by atoms with Gasteiger partial charge in [-0.25, -0.2) is 0 Å². The van der Waals surface area contributed by atoms with Crippen LogP contribution in [0.15, 0.2) is 0 Å². The van der Waals surface area contributed by atoms with Gasteiger partial charge in [-0.3, -0.25) is 0 Å². The third-order valence-electron chi connectivity index (χ3n) is 9.06. The van der Waals surface area contributed by atoms with Crippen LogP contribution in [0.4, 0.5) is 0 Å². The number of ether oxygens (including phenoxy) is 1. The van der Waals surface area contributed by atoms with Gasteiger partial charge in [0.05, 0.1) is 6.10 Å². The minimum Gasteiger partial charge on any atom is -0.381 e. The lowest BCUT2D eigenvalue weighted by atomic mass is 9.58. The molecule has 4 fully saturated rings. The fourth-order valence-electron chi connectivity index (χ4n) is 7.65. The Labute approximate surface area is 156 Å². The van der Waals surface area contributed by atoms with Crippen LogP contribution in [0.3, 0.4) is 0 Å². The predicted molar refractivity (Wildman–Crippen MR) is 106 cm³/mol. The summed E-state index contributed by atoms with van der Waals surface area (Å²) < 4.78 is 5.67. The number of rotatable bonds is 4. The first-order valence-electron chi connectivity index (χ1n) is 11.8. The number of hydrogen-bond donors (Lipinski definition) is 0. The molecule has 25 heavy (non-hydrogen) atoms. The molecule has 4 aliphatic rings. The maximum Gasteiger partial charge on any atom is 0.0574 e. The van der Waals surface area contributed by atoms with Crippen LogP contribution in [-0.4, -0.2) is 13.2 Å². The summed E-state index contributed by atoms with van der Waals surface area (Å²) >= 11 is 0. The van der Waals surface area contributed by atoms with Gasteiger partial charge in [0.15, 0.2) is 0 Å². The van der Waals surface area contributed by atoms with E-state index in [2.05, 4.69) is 6.92 Å². The lowest BCUT2D eigenvalue weighted by molar-refractivity contribution is -0.0106. The van der Waals surface area contributed by atoms with E-state index in [0.717, 1.165) is 41.4 Å². The van der Waals surface area contributed by atoms with E-state index in [1.54, 1.807) is 44.9 Å². The Bertz CT molecular complexity index is 418. The van der Waals surface area contributed by atoms with Crippen LogP contribution < -0.4 is 0 Å². The maximum absolute atomic E-state index is 5.67. The van der Waals surface area contributed by atoms with Gasteiger partial charge in [-0.15, -0.1) is 0 Å². The van der Waals surface area contributed by atoms with Gasteiger partial charge in [-0.2, -0.15) is 0 Å². The zero-order chi connectivity index (χ0) is 17.2. The lowest BCUT2D eigenvalue weighted by Crippen LogP contribution is -2.38. The van der Waals surface area contributed by atoms with Crippen molar-refractivity contribution in [1.82, 2.24) is 0 Å². The minimum absolute atomic E-state index is 0.576. The molecule has 0 bridgehead atoms. The highest BCUT2D eigenvalue weighted by atomic mass is 16.5. The molecule has 0 spiro atoms. The van der Waals surface area contributed by atoms with Gasteiger partial charge in [-0.05, 0) is 112 Å². The molecule has 144 valence electrons. The van der Waals surface area contributed by atoms with Gasteiger partial charge in [0.1, 0.15) is 0 Å². The van der Waals surface area contributed by atoms with Gasteiger partial charge in [0.2, 0.25) is 0 Å². The first-order chi connectivity index (χ1) is 12.3. The zero-order valence-electron chi connectivity index (χ0n) is 16.9. The van der Waals surface area contributed by atoms with E-state index in [9.17, 15) is 0 Å². The molecule has 0 saturated heterocycles. The normalized spacial score (nSPS) is 47.8. The molecule has 4 saturated carbocycles. The van der Waals surface area contributed by atoms with Gasteiger partial charge in [0.25, 0.3) is 0 Å². The third kappa shape index (κ3) is 4.12. The standard InChI is InChI=1S/C24H42O/c1-3-4-17-5-6-19-14-20(8-7-18(19)13-17)21-9-10-23-16-24(25-2)12-11-22(23)15-21/h17-24H,3-16H2,1-2H3. The van der Waals surface area contributed by atoms with Crippen LogP contribution in [0.1, 0.15) is 96.8 Å². The van der Waals surface area contributed by atoms with Crippen LogP contribution >= 0.6 is 0 Å². The molecule has 1 heteroatoms. The van der Waals surface area contributed by atoms with E-state index >= 15 is 0 Å². The largest absolute Gasteiger partial charge is 0.381 e. The second-order valence-electron chi connectivity index (χ2n) is 10.3. The highest BCUT2D eigenvalue weighted by Crippen LogP contribution is 2.52. The summed E-state index contributed by atoms with van der Waals surface area (Å²) in [5, 5.41) is 0. The summed E-state index contributed by atoms with van der Waals surface area (Å²) in [6.45, 7) is 2.37. The Balaban J connectivity index is 1.28. The topological polar surface area (TPSA) is 9.23 Å². The Morgan fingerprint density at radius 3 is 1.64 bits per heavy atom. The first kappa shape index (κ1) is 18.3. The monoisotopic (exact) mass is 346 g/mol. The van der Waals surface area contributed by atoms with E-state index in [-0.39, 0.29) is 0 Å². The highest BCUT2D eigenvalue weighted by molar-refractivity contribution is 4.92. The fourth-order valence-corrected chi connectivity index (χ4v) is 7.65. The van der Waals surface area contributed by atoms with Gasteiger partial charge in [0, 0.05) is 7.11 Å². The average molecular weight is 347 g/mol. The molecule has 1 nitrogen and oxygen atoms in total. The lowest BCUT2D eigenvalue weighted by Gasteiger charge is -2.48. The van der Waals surface area contributed by atoms with Crippen molar-refractivity contribution in [3.8, 4) is 0 Å². The van der Waals surface area contributed by atoms with E-state index < -0.39 is 0 Å². The molecule has 0 aliphatic heterocycles. The fraction of sp³-hybridized carbons (Fsp3) is 1.00. The molecule has 0 N–H and O–H groups in total. The molecular formula is C24H42O. The van der Waals surface area contributed by atoms with Gasteiger partial charge in [-0.1, -0.05) is 26.2 Å². The van der Waals surface area contributed by atoms with Gasteiger partial charge < -0.3 is 4.74 Å². The minimum atomic E-state index is 0.576. The average Bonchev–Trinajstić information content (AvgIpc) is 2.67. The van der Waals surface area contributed by atoms with Gasteiger partial charge >= 0.3 is 0 Å². The molecule has 0 aromatic heterocycles. The number of hydrogen-bond acceptors (Lipinski definition) is 1. The second-order valence-corrected chi connectivity index (χ2v) is 10.3. The number of fused-ring (bicyclic) bond motifs is 2. The molecule has 0 heterocycles. The molecule has 0 aromatic carbocycles. The van der Waals surface area contributed by atoms with E-state index in [1.807, 2.05) is 7.11 Å². The molecular weight excluding hydrogens is 304 g/mol. The van der Waals surface area contributed by atoms with Crippen LogP contribution in [0, 0.1) is 41.4 Å². The van der Waals surface area contributed by atoms with Crippen LogP contribution in [0.25, 0.3) is 0 Å². The van der Waals surface area contributed by atoms with E-state index in [4.69, 9.17) is 4.74 Å². The van der Waals surface area contributed by atoms with Crippen molar-refractivity contribution in [2.24, 2.45) is 41.4 Å².